The summed E-state index contributed by atoms with van der Waals surface area (Å²) < 4.78 is 11.7. The van der Waals surface area contributed by atoms with Crippen molar-refractivity contribution in [2.24, 2.45) is 0 Å². The molecule has 0 bridgehead atoms. The summed E-state index contributed by atoms with van der Waals surface area (Å²) in [5.74, 6) is 0. The largest absolute Gasteiger partial charge is 0.356 e. The first kappa shape index (κ1) is 20.4. The van der Waals surface area contributed by atoms with Gasteiger partial charge in [0.25, 0.3) is 0 Å². The normalized spacial score (nSPS) is 11.5. The lowest BCUT2D eigenvalue weighted by Crippen LogP contribution is -1.99. The zero-order valence-electron chi connectivity index (χ0n) is 13.2. The number of allylic oxidation sites excluding steroid dienone is 1. The summed E-state index contributed by atoms with van der Waals surface area (Å²) in [5, 5.41) is 0. The molecule has 0 spiro atoms. The van der Waals surface area contributed by atoms with Crippen molar-refractivity contribution in [2.45, 2.75) is 71.1 Å². The zero-order valence-corrected chi connectivity index (χ0v) is 15.4. The maximum atomic E-state index is 5.30. The molecule has 0 atom stereocenters. The predicted molar refractivity (Wildman–Crippen MR) is 96.6 cm³/mol. The van der Waals surface area contributed by atoms with Crippen LogP contribution in [0.5, 0.6) is 0 Å². The SMILES string of the molecule is CCOCOCCC=CCCCCCCCCCCI. The number of halogens is 1. The fourth-order valence-corrected chi connectivity index (χ4v) is 2.54. The Balaban J connectivity index is 3.01. The number of unbranched alkanes of at least 4 members (excludes halogenated alkanes) is 8. The molecule has 0 N–H and O–H groups in total. The van der Waals surface area contributed by atoms with Gasteiger partial charge in [0.05, 0.1) is 6.61 Å². The summed E-state index contributed by atoms with van der Waals surface area (Å²) in [6, 6.07) is 0. The molecule has 0 aromatic heterocycles. The highest BCUT2D eigenvalue weighted by Crippen LogP contribution is 2.10. The third kappa shape index (κ3) is 18.4. The molecule has 0 heterocycles. The predicted octanol–water partition coefficient (Wildman–Crippen LogP) is 5.89. The molecule has 2 nitrogen and oxygen atoms in total. The van der Waals surface area contributed by atoms with E-state index in [1.165, 1.54) is 62.2 Å². The van der Waals surface area contributed by atoms with E-state index < -0.39 is 0 Å². The van der Waals surface area contributed by atoms with E-state index in [1.54, 1.807) is 0 Å². The van der Waals surface area contributed by atoms with Gasteiger partial charge in [0.15, 0.2) is 0 Å². The van der Waals surface area contributed by atoms with Crippen molar-refractivity contribution in [3.63, 3.8) is 0 Å². The minimum atomic E-state index is 0.433. The smallest absolute Gasteiger partial charge is 0.146 e. The number of ether oxygens (including phenoxy) is 2. The number of hydrogen-bond donors (Lipinski definition) is 0. The first-order chi connectivity index (χ1) is 9.91. The highest BCUT2D eigenvalue weighted by Gasteiger charge is 1.91. The molecule has 0 aromatic rings. The van der Waals surface area contributed by atoms with Gasteiger partial charge in [-0.2, -0.15) is 0 Å². The maximum Gasteiger partial charge on any atom is 0.146 e. The van der Waals surface area contributed by atoms with Gasteiger partial charge in [0, 0.05) is 6.61 Å². The van der Waals surface area contributed by atoms with Crippen molar-refractivity contribution in [1.82, 2.24) is 0 Å². The van der Waals surface area contributed by atoms with E-state index in [1.807, 2.05) is 6.92 Å². The van der Waals surface area contributed by atoms with E-state index >= 15 is 0 Å². The summed E-state index contributed by atoms with van der Waals surface area (Å²) in [7, 11) is 0. The van der Waals surface area contributed by atoms with Gasteiger partial charge in [-0.25, -0.2) is 0 Å². The Hall–Kier alpha value is 0.390. The average Bonchev–Trinajstić information content (AvgIpc) is 2.47. The first-order valence-electron chi connectivity index (χ1n) is 8.28. The molecule has 0 aliphatic rings. The molecule has 3 heteroatoms. The van der Waals surface area contributed by atoms with Crippen LogP contribution in [0.15, 0.2) is 12.2 Å². The van der Waals surface area contributed by atoms with E-state index in [9.17, 15) is 0 Å². The Morgan fingerprint density at radius 1 is 0.750 bits per heavy atom. The number of hydrogen-bond acceptors (Lipinski definition) is 2. The van der Waals surface area contributed by atoms with E-state index in [4.69, 9.17) is 9.47 Å². The van der Waals surface area contributed by atoms with Crippen molar-refractivity contribution >= 4 is 22.6 Å². The van der Waals surface area contributed by atoms with Crippen LogP contribution in [0.4, 0.5) is 0 Å². The quantitative estimate of drug-likeness (QED) is 0.107. The second-order valence-corrected chi connectivity index (χ2v) is 6.16. The molecule has 0 aliphatic carbocycles. The van der Waals surface area contributed by atoms with Crippen LogP contribution in [-0.4, -0.2) is 24.4 Å². The second-order valence-electron chi connectivity index (χ2n) is 5.09. The third-order valence-corrected chi connectivity index (χ3v) is 3.98. The number of rotatable bonds is 16. The van der Waals surface area contributed by atoms with Gasteiger partial charge < -0.3 is 9.47 Å². The van der Waals surface area contributed by atoms with E-state index in [2.05, 4.69) is 34.7 Å². The van der Waals surface area contributed by atoms with Crippen LogP contribution in [0.25, 0.3) is 0 Å². The summed E-state index contributed by atoms with van der Waals surface area (Å²) >= 11 is 2.47. The lowest BCUT2D eigenvalue weighted by atomic mass is 10.1. The van der Waals surface area contributed by atoms with Crippen LogP contribution in [0.1, 0.15) is 71.1 Å². The molecule has 0 aliphatic heterocycles. The van der Waals surface area contributed by atoms with Crippen LogP contribution in [0.2, 0.25) is 0 Å². The molecule has 0 saturated heterocycles. The topological polar surface area (TPSA) is 18.5 Å². The average molecular weight is 396 g/mol. The highest BCUT2D eigenvalue weighted by atomic mass is 127. The molecule has 20 heavy (non-hydrogen) atoms. The van der Waals surface area contributed by atoms with E-state index in [0.717, 1.165) is 19.6 Å². The Kier molecular flexibility index (Phi) is 19.8. The van der Waals surface area contributed by atoms with Gasteiger partial charge in [-0.15, -0.1) is 0 Å². The van der Waals surface area contributed by atoms with Gasteiger partial charge in [-0.1, -0.05) is 73.3 Å². The molecule has 0 fully saturated rings. The molecule has 0 saturated carbocycles. The van der Waals surface area contributed by atoms with Crippen LogP contribution in [-0.2, 0) is 9.47 Å². The standard InChI is InChI=1S/C17H33IO2/c1-2-19-17-20-16-14-12-10-8-6-4-3-5-7-9-11-13-15-18/h10,12H,2-9,11,13-17H2,1H3. The minimum Gasteiger partial charge on any atom is -0.356 e. The lowest BCUT2D eigenvalue weighted by Gasteiger charge is -2.01. The summed E-state index contributed by atoms with van der Waals surface area (Å²) in [6.45, 7) is 3.91. The highest BCUT2D eigenvalue weighted by molar-refractivity contribution is 14.1. The molecule has 0 radical (unpaired) electrons. The molecule has 0 unspecified atom stereocenters. The summed E-state index contributed by atoms with van der Waals surface area (Å²) in [4.78, 5) is 0. The van der Waals surface area contributed by atoms with Crippen LogP contribution in [0.3, 0.4) is 0 Å². The van der Waals surface area contributed by atoms with Crippen molar-refractivity contribution in [2.75, 3.05) is 24.4 Å². The minimum absolute atomic E-state index is 0.433. The molecule has 120 valence electrons. The van der Waals surface area contributed by atoms with E-state index in [-0.39, 0.29) is 0 Å². The van der Waals surface area contributed by atoms with Gasteiger partial charge in [0.2, 0.25) is 0 Å². The fourth-order valence-electron chi connectivity index (χ4n) is 2.01. The van der Waals surface area contributed by atoms with Gasteiger partial charge in [-0.05, 0) is 37.0 Å². The molecule has 0 aromatic carbocycles. The Bertz CT molecular complexity index is 195. The Morgan fingerprint density at radius 2 is 1.35 bits per heavy atom. The lowest BCUT2D eigenvalue weighted by molar-refractivity contribution is -0.0476. The molecule has 0 amide bonds. The molecular weight excluding hydrogens is 363 g/mol. The Labute approximate surface area is 139 Å². The van der Waals surface area contributed by atoms with Gasteiger partial charge >= 0.3 is 0 Å². The first-order valence-corrected chi connectivity index (χ1v) is 9.80. The molecule has 0 rings (SSSR count). The van der Waals surface area contributed by atoms with Crippen LogP contribution >= 0.6 is 22.6 Å². The van der Waals surface area contributed by atoms with Gasteiger partial charge in [0.1, 0.15) is 6.79 Å². The summed E-state index contributed by atoms with van der Waals surface area (Å²) in [5.41, 5.74) is 0. The maximum absolute atomic E-state index is 5.30. The second kappa shape index (κ2) is 19.4. The molecular formula is C17H33IO2. The number of alkyl halides is 1. The van der Waals surface area contributed by atoms with Crippen molar-refractivity contribution in [3.8, 4) is 0 Å². The van der Waals surface area contributed by atoms with Gasteiger partial charge in [-0.3, -0.25) is 0 Å². The monoisotopic (exact) mass is 396 g/mol. The van der Waals surface area contributed by atoms with Crippen molar-refractivity contribution < 1.29 is 9.47 Å². The van der Waals surface area contributed by atoms with Crippen molar-refractivity contribution in [1.29, 1.82) is 0 Å². The summed E-state index contributed by atoms with van der Waals surface area (Å²) in [6.07, 6.45) is 18.0. The third-order valence-electron chi connectivity index (χ3n) is 3.22. The van der Waals surface area contributed by atoms with Crippen molar-refractivity contribution in [3.05, 3.63) is 12.2 Å². The van der Waals surface area contributed by atoms with Crippen LogP contribution in [0, 0.1) is 0 Å². The fraction of sp³-hybridized carbons (Fsp3) is 0.882. The van der Waals surface area contributed by atoms with E-state index in [0.29, 0.717) is 6.79 Å². The van der Waals surface area contributed by atoms with Crippen LogP contribution < -0.4 is 0 Å². The zero-order chi connectivity index (χ0) is 14.7. The Morgan fingerprint density at radius 3 is 2.00 bits per heavy atom.